The Morgan fingerprint density at radius 3 is 2.82 bits per heavy atom. The molecule has 1 aromatic rings. The molecule has 0 spiro atoms. The number of rotatable bonds is 3. The summed E-state index contributed by atoms with van der Waals surface area (Å²) < 4.78 is 5.64. The topological polar surface area (TPSA) is 29.5 Å². The van der Waals surface area contributed by atoms with Crippen LogP contribution in [0.2, 0.25) is 0 Å². The number of hydrogen-bond donors (Lipinski definition) is 1. The second-order valence-corrected chi connectivity index (χ2v) is 5.38. The summed E-state index contributed by atoms with van der Waals surface area (Å²) in [5.41, 5.74) is 1.20. The standard InChI is InChI=1S/C15H20O2/c16-14(10-11-4-3-5-11)12-8-9-17-15-7-2-1-6-13(12)15/h1-2,6-7,11-12,14,16H,3-5,8-10H2. The molecule has 0 saturated heterocycles. The van der Waals surface area contributed by atoms with Crippen LogP contribution in [-0.4, -0.2) is 17.8 Å². The average Bonchev–Trinajstić information content (AvgIpc) is 2.33. The van der Waals surface area contributed by atoms with Crippen molar-refractivity contribution in [2.75, 3.05) is 6.61 Å². The van der Waals surface area contributed by atoms with Gasteiger partial charge in [-0.15, -0.1) is 0 Å². The first-order chi connectivity index (χ1) is 8.34. The summed E-state index contributed by atoms with van der Waals surface area (Å²) in [5, 5.41) is 10.4. The second kappa shape index (κ2) is 4.69. The SMILES string of the molecule is OC(CC1CCC1)C1CCOc2ccccc21. The van der Waals surface area contributed by atoms with Gasteiger partial charge in [0, 0.05) is 5.92 Å². The van der Waals surface area contributed by atoms with Crippen LogP contribution in [0.25, 0.3) is 0 Å². The largest absolute Gasteiger partial charge is 0.493 e. The Kier molecular flexibility index (Phi) is 3.06. The highest BCUT2D eigenvalue weighted by molar-refractivity contribution is 5.38. The Morgan fingerprint density at radius 2 is 2.06 bits per heavy atom. The molecular formula is C15H20O2. The van der Waals surface area contributed by atoms with Crippen LogP contribution < -0.4 is 4.74 Å². The van der Waals surface area contributed by atoms with Gasteiger partial charge >= 0.3 is 0 Å². The van der Waals surface area contributed by atoms with Gasteiger partial charge in [-0.05, 0) is 30.4 Å². The first-order valence-electron chi connectivity index (χ1n) is 6.74. The van der Waals surface area contributed by atoms with Crippen molar-refractivity contribution in [3.63, 3.8) is 0 Å². The molecule has 0 aromatic heterocycles. The number of hydrogen-bond acceptors (Lipinski definition) is 2. The fourth-order valence-corrected chi connectivity index (χ4v) is 3.00. The molecule has 92 valence electrons. The van der Waals surface area contributed by atoms with Crippen LogP contribution in [0.1, 0.15) is 43.6 Å². The van der Waals surface area contributed by atoms with E-state index in [2.05, 4.69) is 6.07 Å². The molecule has 2 unspecified atom stereocenters. The molecule has 2 nitrogen and oxygen atoms in total. The highest BCUT2D eigenvalue weighted by atomic mass is 16.5. The third-order valence-corrected chi connectivity index (χ3v) is 4.27. The van der Waals surface area contributed by atoms with E-state index in [1.54, 1.807) is 0 Å². The van der Waals surface area contributed by atoms with Gasteiger partial charge in [-0.2, -0.15) is 0 Å². The Morgan fingerprint density at radius 1 is 1.24 bits per heavy atom. The van der Waals surface area contributed by atoms with Gasteiger partial charge in [0.15, 0.2) is 0 Å². The lowest BCUT2D eigenvalue weighted by molar-refractivity contribution is 0.0767. The lowest BCUT2D eigenvalue weighted by Gasteiger charge is -2.34. The zero-order chi connectivity index (χ0) is 11.7. The van der Waals surface area contributed by atoms with Crippen LogP contribution in [0.3, 0.4) is 0 Å². The quantitative estimate of drug-likeness (QED) is 0.867. The summed E-state index contributed by atoms with van der Waals surface area (Å²) in [6.07, 6.45) is 5.69. The van der Waals surface area contributed by atoms with Crippen LogP contribution in [0, 0.1) is 5.92 Å². The Labute approximate surface area is 103 Å². The van der Waals surface area contributed by atoms with E-state index in [1.165, 1.54) is 24.8 Å². The summed E-state index contributed by atoms with van der Waals surface area (Å²) in [4.78, 5) is 0. The summed E-state index contributed by atoms with van der Waals surface area (Å²) in [5.74, 6) is 2.01. The second-order valence-electron chi connectivity index (χ2n) is 5.38. The van der Waals surface area contributed by atoms with Crippen molar-refractivity contribution in [2.24, 2.45) is 5.92 Å². The van der Waals surface area contributed by atoms with E-state index >= 15 is 0 Å². The predicted molar refractivity (Wildman–Crippen MR) is 67.3 cm³/mol. The third kappa shape index (κ3) is 2.19. The fraction of sp³-hybridized carbons (Fsp3) is 0.600. The van der Waals surface area contributed by atoms with Crippen molar-refractivity contribution < 1.29 is 9.84 Å². The lowest BCUT2D eigenvalue weighted by Crippen LogP contribution is -2.28. The van der Waals surface area contributed by atoms with Crippen molar-refractivity contribution in [3.8, 4) is 5.75 Å². The summed E-state index contributed by atoms with van der Waals surface area (Å²) >= 11 is 0. The molecule has 0 radical (unpaired) electrons. The molecule has 17 heavy (non-hydrogen) atoms. The Bertz CT molecular complexity index is 384. The van der Waals surface area contributed by atoms with Gasteiger partial charge in [0.1, 0.15) is 5.75 Å². The van der Waals surface area contributed by atoms with Crippen molar-refractivity contribution in [1.29, 1.82) is 0 Å². The summed E-state index contributed by atoms with van der Waals surface area (Å²) in [6.45, 7) is 0.739. The van der Waals surface area contributed by atoms with Crippen molar-refractivity contribution in [3.05, 3.63) is 29.8 Å². The van der Waals surface area contributed by atoms with E-state index < -0.39 is 0 Å². The van der Waals surface area contributed by atoms with Crippen LogP contribution in [-0.2, 0) is 0 Å². The molecule has 2 atom stereocenters. The van der Waals surface area contributed by atoms with Crippen LogP contribution >= 0.6 is 0 Å². The highest BCUT2D eigenvalue weighted by Crippen LogP contribution is 2.39. The minimum Gasteiger partial charge on any atom is -0.493 e. The van der Waals surface area contributed by atoms with E-state index in [-0.39, 0.29) is 12.0 Å². The minimum atomic E-state index is -0.189. The maximum absolute atomic E-state index is 10.4. The molecule has 0 bridgehead atoms. The molecule has 1 fully saturated rings. The van der Waals surface area contributed by atoms with Gasteiger partial charge in [-0.25, -0.2) is 0 Å². The maximum atomic E-state index is 10.4. The zero-order valence-corrected chi connectivity index (χ0v) is 10.1. The van der Waals surface area contributed by atoms with Gasteiger partial charge in [0.05, 0.1) is 12.7 Å². The normalized spacial score (nSPS) is 25.6. The van der Waals surface area contributed by atoms with Gasteiger partial charge in [0.2, 0.25) is 0 Å². The van der Waals surface area contributed by atoms with E-state index in [4.69, 9.17) is 4.74 Å². The van der Waals surface area contributed by atoms with E-state index in [0.29, 0.717) is 0 Å². The molecule has 1 N–H and O–H groups in total. The summed E-state index contributed by atoms with van der Waals surface area (Å²) in [6, 6.07) is 8.15. The van der Waals surface area contributed by atoms with Crippen molar-refractivity contribution in [1.82, 2.24) is 0 Å². The number of ether oxygens (including phenoxy) is 1. The first-order valence-corrected chi connectivity index (χ1v) is 6.74. The molecular weight excluding hydrogens is 212 g/mol. The predicted octanol–water partition coefficient (Wildman–Crippen LogP) is 3.10. The third-order valence-electron chi connectivity index (χ3n) is 4.27. The summed E-state index contributed by atoms with van der Waals surface area (Å²) in [7, 11) is 0. The van der Waals surface area contributed by atoms with Crippen LogP contribution in [0.15, 0.2) is 24.3 Å². The van der Waals surface area contributed by atoms with E-state index in [0.717, 1.165) is 31.1 Å². The molecule has 2 aliphatic rings. The molecule has 0 amide bonds. The molecule has 1 aromatic carbocycles. The van der Waals surface area contributed by atoms with Gasteiger partial charge in [-0.1, -0.05) is 37.5 Å². The molecule has 1 aliphatic carbocycles. The average molecular weight is 232 g/mol. The Hall–Kier alpha value is -1.02. The number of benzene rings is 1. The first kappa shape index (κ1) is 11.1. The van der Waals surface area contributed by atoms with Crippen LogP contribution in [0.5, 0.6) is 5.75 Å². The number of aliphatic hydroxyl groups is 1. The van der Waals surface area contributed by atoms with E-state index in [1.807, 2.05) is 18.2 Å². The minimum absolute atomic E-state index is 0.189. The zero-order valence-electron chi connectivity index (χ0n) is 10.1. The fourth-order valence-electron chi connectivity index (χ4n) is 3.00. The lowest BCUT2D eigenvalue weighted by atomic mass is 9.77. The molecule has 2 heteroatoms. The van der Waals surface area contributed by atoms with Crippen LogP contribution in [0.4, 0.5) is 0 Å². The van der Waals surface area contributed by atoms with Gasteiger partial charge in [-0.3, -0.25) is 0 Å². The maximum Gasteiger partial charge on any atom is 0.122 e. The molecule has 3 rings (SSSR count). The monoisotopic (exact) mass is 232 g/mol. The Balaban J connectivity index is 1.74. The highest BCUT2D eigenvalue weighted by Gasteiger charge is 2.30. The molecule has 1 heterocycles. The van der Waals surface area contributed by atoms with Crippen molar-refractivity contribution in [2.45, 2.75) is 44.1 Å². The molecule has 1 saturated carbocycles. The number of para-hydroxylation sites is 1. The number of fused-ring (bicyclic) bond motifs is 1. The van der Waals surface area contributed by atoms with Gasteiger partial charge in [0.25, 0.3) is 0 Å². The molecule has 1 aliphatic heterocycles. The van der Waals surface area contributed by atoms with Crippen molar-refractivity contribution >= 4 is 0 Å². The smallest absolute Gasteiger partial charge is 0.122 e. The number of aliphatic hydroxyl groups excluding tert-OH is 1. The van der Waals surface area contributed by atoms with E-state index in [9.17, 15) is 5.11 Å². The van der Waals surface area contributed by atoms with Gasteiger partial charge < -0.3 is 9.84 Å².